The summed E-state index contributed by atoms with van der Waals surface area (Å²) in [5, 5.41) is 2.80. The molecule has 3 amide bonds. The van der Waals surface area contributed by atoms with Gasteiger partial charge in [-0.1, -0.05) is 18.2 Å². The zero-order valence-electron chi connectivity index (χ0n) is 16.6. The molecule has 6 nitrogen and oxygen atoms in total. The van der Waals surface area contributed by atoms with Crippen molar-refractivity contribution in [1.82, 2.24) is 0 Å². The lowest BCUT2D eigenvalue weighted by molar-refractivity contribution is 0.0925. The third-order valence-corrected chi connectivity index (χ3v) is 4.64. The van der Waals surface area contributed by atoms with Gasteiger partial charge in [-0.05, 0) is 68.4 Å². The number of hydrogen-bond acceptors (Lipinski definition) is 4. The highest BCUT2D eigenvalue weighted by Crippen LogP contribution is 2.29. The molecule has 0 saturated heterocycles. The van der Waals surface area contributed by atoms with Gasteiger partial charge < -0.3 is 10.1 Å². The van der Waals surface area contributed by atoms with Gasteiger partial charge in [0.15, 0.2) is 0 Å². The van der Waals surface area contributed by atoms with Crippen LogP contribution in [-0.4, -0.2) is 23.8 Å². The zero-order chi connectivity index (χ0) is 21.3. The molecule has 3 aromatic rings. The molecule has 0 saturated carbocycles. The summed E-state index contributed by atoms with van der Waals surface area (Å²) in [7, 11) is 0. The van der Waals surface area contributed by atoms with E-state index < -0.39 is 0 Å². The van der Waals surface area contributed by atoms with Gasteiger partial charge in [0, 0.05) is 11.3 Å². The Morgan fingerprint density at radius 3 is 2.10 bits per heavy atom. The molecule has 0 radical (unpaired) electrons. The summed E-state index contributed by atoms with van der Waals surface area (Å²) < 4.78 is 5.59. The molecule has 0 bridgehead atoms. The summed E-state index contributed by atoms with van der Waals surface area (Å²) in [5.41, 5.74) is 2.11. The Morgan fingerprint density at radius 2 is 1.50 bits per heavy atom. The summed E-state index contributed by atoms with van der Waals surface area (Å²) in [6.45, 7) is 3.87. The maximum absolute atomic E-state index is 12.7. The van der Waals surface area contributed by atoms with Crippen molar-refractivity contribution >= 4 is 29.1 Å². The van der Waals surface area contributed by atoms with E-state index in [0.29, 0.717) is 33.8 Å². The van der Waals surface area contributed by atoms with E-state index in [2.05, 4.69) is 5.32 Å². The number of carbonyl (C=O) groups excluding carboxylic acids is 3. The van der Waals surface area contributed by atoms with Crippen molar-refractivity contribution in [3.8, 4) is 5.75 Å². The highest BCUT2D eigenvalue weighted by molar-refractivity contribution is 6.34. The van der Waals surface area contributed by atoms with Crippen molar-refractivity contribution in [1.29, 1.82) is 0 Å². The topological polar surface area (TPSA) is 75.7 Å². The Morgan fingerprint density at radius 1 is 0.867 bits per heavy atom. The highest BCUT2D eigenvalue weighted by atomic mass is 16.5. The third-order valence-electron chi connectivity index (χ3n) is 4.64. The first-order valence-corrected chi connectivity index (χ1v) is 9.60. The number of anilines is 2. The van der Waals surface area contributed by atoms with Gasteiger partial charge in [-0.15, -0.1) is 0 Å². The fraction of sp³-hybridized carbons (Fsp3) is 0.125. The van der Waals surface area contributed by atoms with E-state index in [1.54, 1.807) is 72.8 Å². The summed E-state index contributed by atoms with van der Waals surface area (Å²) >= 11 is 0. The number of nitrogens with one attached hydrogen (secondary N) is 1. The molecular weight excluding hydrogens is 380 g/mol. The Labute approximate surface area is 174 Å². The lowest BCUT2D eigenvalue weighted by Gasteiger charge is -2.15. The minimum Gasteiger partial charge on any atom is -0.491 e. The van der Waals surface area contributed by atoms with Gasteiger partial charge in [-0.2, -0.15) is 0 Å². The van der Waals surface area contributed by atoms with Crippen molar-refractivity contribution in [3.05, 3.63) is 89.5 Å². The van der Waals surface area contributed by atoms with E-state index in [9.17, 15) is 14.4 Å². The Hall–Kier alpha value is -3.93. The van der Waals surface area contributed by atoms with Crippen LogP contribution in [0.25, 0.3) is 0 Å². The smallest absolute Gasteiger partial charge is 0.266 e. The molecule has 4 rings (SSSR count). The second-order valence-electron chi connectivity index (χ2n) is 7.19. The number of benzene rings is 3. The van der Waals surface area contributed by atoms with Gasteiger partial charge in [0.25, 0.3) is 17.7 Å². The van der Waals surface area contributed by atoms with Crippen LogP contribution in [0, 0.1) is 0 Å². The molecule has 3 aromatic carbocycles. The highest BCUT2D eigenvalue weighted by Gasteiger charge is 2.36. The molecule has 0 unspecified atom stereocenters. The number of fused-ring (bicyclic) bond motifs is 1. The van der Waals surface area contributed by atoms with Crippen LogP contribution in [0.3, 0.4) is 0 Å². The minimum absolute atomic E-state index is 0.0505. The molecule has 0 spiro atoms. The summed E-state index contributed by atoms with van der Waals surface area (Å²) in [6, 6.07) is 20.2. The van der Waals surface area contributed by atoms with Crippen LogP contribution in [0.2, 0.25) is 0 Å². The van der Waals surface area contributed by atoms with Gasteiger partial charge in [0.1, 0.15) is 5.75 Å². The van der Waals surface area contributed by atoms with Crippen LogP contribution in [0.4, 0.5) is 11.4 Å². The number of imide groups is 1. The monoisotopic (exact) mass is 400 g/mol. The first-order chi connectivity index (χ1) is 14.4. The lowest BCUT2D eigenvalue weighted by atomic mass is 10.1. The maximum Gasteiger partial charge on any atom is 0.266 e. The molecule has 0 aromatic heterocycles. The van der Waals surface area contributed by atoms with E-state index in [-0.39, 0.29) is 23.8 Å². The lowest BCUT2D eigenvalue weighted by Crippen LogP contribution is -2.29. The van der Waals surface area contributed by atoms with Crippen LogP contribution >= 0.6 is 0 Å². The number of nitrogens with zero attached hydrogens (tertiary/aromatic N) is 1. The summed E-state index contributed by atoms with van der Waals surface area (Å²) in [5.74, 6) is -0.362. The molecule has 6 heteroatoms. The molecule has 0 aliphatic carbocycles. The molecule has 1 aliphatic rings. The summed E-state index contributed by atoms with van der Waals surface area (Å²) in [4.78, 5) is 39.1. The van der Waals surface area contributed by atoms with Crippen LogP contribution < -0.4 is 15.0 Å². The van der Waals surface area contributed by atoms with Gasteiger partial charge in [-0.3, -0.25) is 14.4 Å². The second kappa shape index (κ2) is 7.83. The second-order valence-corrected chi connectivity index (χ2v) is 7.19. The van der Waals surface area contributed by atoms with E-state index in [0.717, 1.165) is 4.90 Å². The third kappa shape index (κ3) is 3.67. The Kier molecular flexibility index (Phi) is 5.06. The average molecular weight is 400 g/mol. The zero-order valence-corrected chi connectivity index (χ0v) is 16.6. The van der Waals surface area contributed by atoms with Gasteiger partial charge in [0.05, 0.1) is 22.9 Å². The first kappa shape index (κ1) is 19.4. The van der Waals surface area contributed by atoms with Crippen molar-refractivity contribution in [2.45, 2.75) is 20.0 Å². The van der Waals surface area contributed by atoms with Gasteiger partial charge in [-0.25, -0.2) is 4.90 Å². The van der Waals surface area contributed by atoms with Crippen molar-refractivity contribution < 1.29 is 19.1 Å². The Balaban J connectivity index is 1.52. The van der Waals surface area contributed by atoms with Gasteiger partial charge >= 0.3 is 0 Å². The van der Waals surface area contributed by atoms with Crippen LogP contribution in [-0.2, 0) is 0 Å². The number of carbonyl (C=O) groups is 3. The average Bonchev–Trinajstić information content (AvgIpc) is 2.99. The molecule has 0 atom stereocenters. The maximum atomic E-state index is 12.7. The predicted molar refractivity (Wildman–Crippen MR) is 114 cm³/mol. The van der Waals surface area contributed by atoms with E-state index in [1.807, 2.05) is 13.8 Å². The van der Waals surface area contributed by atoms with E-state index >= 15 is 0 Å². The molecule has 1 N–H and O–H groups in total. The first-order valence-electron chi connectivity index (χ1n) is 9.60. The van der Waals surface area contributed by atoms with Crippen molar-refractivity contribution in [2.75, 3.05) is 10.2 Å². The minimum atomic E-state index is -0.375. The van der Waals surface area contributed by atoms with Crippen molar-refractivity contribution in [2.24, 2.45) is 0 Å². The normalized spacial score (nSPS) is 12.8. The molecule has 0 fully saturated rings. The quantitative estimate of drug-likeness (QED) is 0.639. The van der Waals surface area contributed by atoms with Crippen LogP contribution in [0.15, 0.2) is 72.8 Å². The number of amides is 3. The molecule has 1 aliphatic heterocycles. The standard InChI is InChI=1S/C24H20N2O4/c1-15(2)30-19-12-10-16(11-13-19)22(27)25-17-6-5-7-18(14-17)26-23(28)20-8-3-4-9-21(20)24(26)29/h3-15H,1-2H3,(H,25,27). The fourth-order valence-corrected chi connectivity index (χ4v) is 3.31. The van der Waals surface area contributed by atoms with Crippen molar-refractivity contribution in [3.63, 3.8) is 0 Å². The molecule has 150 valence electrons. The number of hydrogen-bond donors (Lipinski definition) is 1. The fourth-order valence-electron chi connectivity index (χ4n) is 3.31. The molecule has 30 heavy (non-hydrogen) atoms. The predicted octanol–water partition coefficient (Wildman–Crippen LogP) is 4.53. The van der Waals surface area contributed by atoms with Gasteiger partial charge in [0.2, 0.25) is 0 Å². The molecule has 1 heterocycles. The number of ether oxygens (including phenoxy) is 1. The van der Waals surface area contributed by atoms with E-state index in [1.165, 1.54) is 0 Å². The summed E-state index contributed by atoms with van der Waals surface area (Å²) in [6.07, 6.45) is 0.0505. The SMILES string of the molecule is CC(C)Oc1ccc(C(=O)Nc2cccc(N3C(=O)c4ccccc4C3=O)c2)cc1. The largest absolute Gasteiger partial charge is 0.491 e. The van der Waals surface area contributed by atoms with Crippen LogP contribution in [0.1, 0.15) is 44.9 Å². The number of rotatable bonds is 5. The van der Waals surface area contributed by atoms with E-state index in [4.69, 9.17) is 4.74 Å². The van der Waals surface area contributed by atoms with Crippen LogP contribution in [0.5, 0.6) is 5.75 Å². The Bertz CT molecular complexity index is 1100. The molecular formula is C24H20N2O4.